The van der Waals surface area contributed by atoms with Gasteiger partial charge in [-0.25, -0.2) is 0 Å². The third-order valence-electron chi connectivity index (χ3n) is 4.80. The van der Waals surface area contributed by atoms with Gasteiger partial charge in [-0.2, -0.15) is 5.26 Å². The van der Waals surface area contributed by atoms with Crippen LogP contribution in [0.3, 0.4) is 0 Å². The minimum absolute atomic E-state index is 0.367. The number of hydrogen-bond acceptors (Lipinski definition) is 4. The molecule has 5 heteroatoms. The fourth-order valence-electron chi connectivity index (χ4n) is 3.47. The summed E-state index contributed by atoms with van der Waals surface area (Å²) in [5, 5.41) is 10.3. The van der Waals surface area contributed by atoms with E-state index >= 15 is 0 Å². The van der Waals surface area contributed by atoms with Crippen LogP contribution < -0.4 is 0 Å². The van der Waals surface area contributed by atoms with E-state index in [0.29, 0.717) is 30.0 Å². The van der Waals surface area contributed by atoms with Crippen LogP contribution in [0.1, 0.15) is 37.5 Å². The molecule has 0 amide bonds. The Balaban J connectivity index is 1.72. The van der Waals surface area contributed by atoms with Crippen LogP contribution in [0.2, 0.25) is 0 Å². The number of aromatic nitrogens is 1. The molecule has 0 saturated carbocycles. The second kappa shape index (κ2) is 6.25. The number of para-hydroxylation sites is 1. The van der Waals surface area contributed by atoms with Crippen LogP contribution in [0.25, 0.3) is 10.9 Å². The fourth-order valence-corrected chi connectivity index (χ4v) is 3.47. The maximum atomic E-state index is 13.0. The number of carbonyl (C=O) groups excluding carboxylic acids is 2. The molecule has 1 atom stereocenters. The SMILES string of the molecule is Cc1[nH]c2ccccc2c1C(=O)C(C#N)C(=O)c1ccc2c(c1)COC2. The van der Waals surface area contributed by atoms with E-state index in [1.54, 1.807) is 19.1 Å². The van der Waals surface area contributed by atoms with Gasteiger partial charge in [-0.3, -0.25) is 9.59 Å². The summed E-state index contributed by atoms with van der Waals surface area (Å²) in [6.45, 7) is 2.75. The quantitative estimate of drug-likeness (QED) is 0.578. The number of Topliss-reactive ketones (excluding diaryl/α,β-unsaturated/α-hetero) is 2. The third kappa shape index (κ3) is 2.52. The molecule has 0 aliphatic carbocycles. The van der Waals surface area contributed by atoms with Gasteiger partial charge in [0.2, 0.25) is 0 Å². The third-order valence-corrected chi connectivity index (χ3v) is 4.80. The van der Waals surface area contributed by atoms with Crippen LogP contribution in [-0.4, -0.2) is 16.6 Å². The standard InChI is InChI=1S/C21H16N2O3/c1-12-19(16-4-2-3-5-18(16)23-12)21(25)17(9-22)20(24)13-6-7-14-10-26-11-15(14)8-13/h2-8,17,23H,10-11H2,1H3. The van der Waals surface area contributed by atoms with Crippen LogP contribution in [0.4, 0.5) is 0 Å². The molecule has 2 aromatic carbocycles. The van der Waals surface area contributed by atoms with Crippen LogP contribution in [0, 0.1) is 24.2 Å². The minimum atomic E-state index is -1.37. The molecule has 26 heavy (non-hydrogen) atoms. The average Bonchev–Trinajstić information content (AvgIpc) is 3.24. The first-order valence-corrected chi connectivity index (χ1v) is 8.35. The number of ketones is 2. The number of nitrogens with zero attached hydrogens (tertiary/aromatic N) is 1. The monoisotopic (exact) mass is 344 g/mol. The number of aromatic amines is 1. The van der Waals surface area contributed by atoms with Gasteiger partial charge in [0, 0.05) is 27.7 Å². The molecule has 1 aliphatic heterocycles. The number of ether oxygens (including phenoxy) is 1. The molecule has 0 saturated heterocycles. The molecule has 0 bridgehead atoms. The summed E-state index contributed by atoms with van der Waals surface area (Å²) in [7, 11) is 0. The van der Waals surface area contributed by atoms with E-state index < -0.39 is 17.5 Å². The van der Waals surface area contributed by atoms with Crippen molar-refractivity contribution in [3.05, 3.63) is 70.4 Å². The van der Waals surface area contributed by atoms with E-state index in [1.807, 2.05) is 36.4 Å². The molecule has 1 aliphatic rings. The van der Waals surface area contributed by atoms with E-state index in [1.165, 1.54) is 0 Å². The Labute approximate surface area is 150 Å². The predicted octanol–water partition coefficient (Wildman–Crippen LogP) is 3.71. The van der Waals surface area contributed by atoms with Gasteiger partial charge < -0.3 is 9.72 Å². The Morgan fingerprint density at radius 3 is 2.69 bits per heavy atom. The van der Waals surface area contributed by atoms with Gasteiger partial charge in [0.1, 0.15) is 0 Å². The van der Waals surface area contributed by atoms with Gasteiger partial charge >= 0.3 is 0 Å². The van der Waals surface area contributed by atoms with Crippen molar-refractivity contribution >= 4 is 22.5 Å². The van der Waals surface area contributed by atoms with E-state index in [-0.39, 0.29) is 0 Å². The summed E-state index contributed by atoms with van der Waals surface area (Å²) in [4.78, 5) is 29.0. The highest BCUT2D eigenvalue weighted by atomic mass is 16.5. The van der Waals surface area contributed by atoms with Crippen molar-refractivity contribution in [1.82, 2.24) is 4.98 Å². The molecule has 0 fully saturated rings. The number of rotatable bonds is 4. The zero-order chi connectivity index (χ0) is 18.3. The first-order valence-electron chi connectivity index (χ1n) is 8.35. The molecule has 1 N–H and O–H groups in total. The summed E-state index contributed by atoms with van der Waals surface area (Å²) in [6.07, 6.45) is 0. The zero-order valence-corrected chi connectivity index (χ0v) is 14.2. The number of nitriles is 1. The molecule has 1 aromatic heterocycles. The molecule has 5 nitrogen and oxygen atoms in total. The van der Waals surface area contributed by atoms with Gasteiger partial charge in [0.25, 0.3) is 0 Å². The van der Waals surface area contributed by atoms with Crippen LogP contribution in [-0.2, 0) is 18.0 Å². The highest BCUT2D eigenvalue weighted by molar-refractivity contribution is 6.22. The summed E-state index contributed by atoms with van der Waals surface area (Å²) in [5.41, 5.74) is 4.22. The second-order valence-electron chi connectivity index (χ2n) is 6.44. The highest BCUT2D eigenvalue weighted by Crippen LogP contribution is 2.27. The second-order valence-corrected chi connectivity index (χ2v) is 6.44. The van der Waals surface area contributed by atoms with Crippen molar-refractivity contribution in [3.63, 3.8) is 0 Å². The molecular weight excluding hydrogens is 328 g/mol. The Hall–Kier alpha value is -3.23. The summed E-state index contributed by atoms with van der Waals surface area (Å²) in [6, 6.07) is 14.5. The number of nitrogens with one attached hydrogen (secondary N) is 1. The van der Waals surface area contributed by atoms with Crippen LogP contribution in [0.15, 0.2) is 42.5 Å². The first-order chi connectivity index (χ1) is 12.6. The predicted molar refractivity (Wildman–Crippen MR) is 95.7 cm³/mol. The fraction of sp³-hybridized carbons (Fsp3) is 0.190. The van der Waals surface area contributed by atoms with Gasteiger partial charge in [-0.05, 0) is 30.2 Å². The number of hydrogen-bond donors (Lipinski definition) is 1. The molecular formula is C21H16N2O3. The smallest absolute Gasteiger partial charge is 0.190 e. The number of fused-ring (bicyclic) bond motifs is 2. The molecule has 0 radical (unpaired) electrons. The van der Waals surface area contributed by atoms with Gasteiger partial charge in [0.15, 0.2) is 17.5 Å². The molecule has 4 rings (SSSR count). The molecule has 3 aromatic rings. The maximum Gasteiger partial charge on any atom is 0.190 e. The first kappa shape index (κ1) is 16.2. The van der Waals surface area contributed by atoms with Gasteiger partial charge in [0.05, 0.1) is 19.3 Å². The number of benzene rings is 2. The van der Waals surface area contributed by atoms with E-state index in [9.17, 15) is 14.9 Å². The Morgan fingerprint density at radius 1 is 1.12 bits per heavy atom. The van der Waals surface area contributed by atoms with Gasteiger partial charge in [-0.15, -0.1) is 0 Å². The zero-order valence-electron chi connectivity index (χ0n) is 14.2. The lowest BCUT2D eigenvalue weighted by Crippen LogP contribution is -2.23. The van der Waals surface area contributed by atoms with Crippen LogP contribution >= 0.6 is 0 Å². The van der Waals surface area contributed by atoms with Crippen LogP contribution in [0.5, 0.6) is 0 Å². The lowest BCUT2D eigenvalue weighted by Gasteiger charge is -2.09. The largest absolute Gasteiger partial charge is 0.372 e. The number of H-pyrrole nitrogens is 1. The normalized spacial score (nSPS) is 14.0. The van der Waals surface area contributed by atoms with Crippen molar-refractivity contribution in [2.24, 2.45) is 5.92 Å². The van der Waals surface area contributed by atoms with Crippen molar-refractivity contribution in [1.29, 1.82) is 5.26 Å². The van der Waals surface area contributed by atoms with E-state index in [2.05, 4.69) is 4.98 Å². The van der Waals surface area contributed by atoms with Crippen molar-refractivity contribution in [3.8, 4) is 6.07 Å². The highest BCUT2D eigenvalue weighted by Gasteiger charge is 2.31. The van der Waals surface area contributed by atoms with Crippen molar-refractivity contribution in [2.75, 3.05) is 0 Å². The lowest BCUT2D eigenvalue weighted by atomic mass is 9.89. The van der Waals surface area contributed by atoms with E-state index in [0.717, 1.165) is 22.0 Å². The Kier molecular flexibility index (Phi) is 3.90. The average molecular weight is 344 g/mol. The summed E-state index contributed by atoms with van der Waals surface area (Å²) in [5.74, 6) is -2.31. The van der Waals surface area contributed by atoms with E-state index in [4.69, 9.17) is 4.74 Å². The van der Waals surface area contributed by atoms with Crippen molar-refractivity contribution in [2.45, 2.75) is 20.1 Å². The van der Waals surface area contributed by atoms with Gasteiger partial charge in [-0.1, -0.05) is 30.3 Å². The maximum absolute atomic E-state index is 13.0. The molecule has 0 spiro atoms. The minimum Gasteiger partial charge on any atom is -0.372 e. The topological polar surface area (TPSA) is 83.0 Å². The summed E-state index contributed by atoms with van der Waals surface area (Å²) >= 11 is 0. The van der Waals surface area contributed by atoms with Crippen molar-refractivity contribution < 1.29 is 14.3 Å². The number of aryl methyl sites for hydroxylation is 1. The lowest BCUT2D eigenvalue weighted by molar-refractivity contribution is 0.0846. The molecule has 128 valence electrons. The Bertz CT molecular complexity index is 1090. The number of carbonyl (C=O) groups is 2. The Morgan fingerprint density at radius 2 is 1.88 bits per heavy atom. The summed E-state index contributed by atoms with van der Waals surface area (Å²) < 4.78 is 5.36. The molecule has 2 heterocycles. The molecule has 1 unspecified atom stereocenters.